The van der Waals surface area contributed by atoms with Gasteiger partial charge in [0.05, 0.1) is 27.3 Å². The minimum atomic E-state index is -0.929. The number of aromatic carboxylic acids is 1. The third-order valence-corrected chi connectivity index (χ3v) is 4.27. The molecule has 0 aliphatic heterocycles. The molecule has 0 unspecified atom stereocenters. The fourth-order valence-electron chi connectivity index (χ4n) is 2.41. The molecule has 2 heterocycles. The number of carboxylic acid groups (broad SMARTS) is 1. The monoisotopic (exact) mass is 301 g/mol. The smallest absolute Gasteiger partial charge is 0.335 e. The van der Waals surface area contributed by atoms with E-state index in [4.69, 9.17) is 5.11 Å². The molecule has 0 atom stereocenters. The van der Waals surface area contributed by atoms with Crippen molar-refractivity contribution in [2.24, 2.45) is 0 Å². The maximum Gasteiger partial charge on any atom is 0.335 e. The quantitative estimate of drug-likeness (QED) is 0.804. The number of fused-ring (bicyclic) bond motifs is 1. The predicted octanol–water partition coefficient (Wildman–Crippen LogP) is 3.05. The molecule has 2 aromatic heterocycles. The third kappa shape index (κ3) is 2.67. The lowest BCUT2D eigenvalue weighted by molar-refractivity contribution is 0.0697. The molecule has 0 aliphatic carbocycles. The summed E-state index contributed by atoms with van der Waals surface area (Å²) in [7, 11) is 0. The average Bonchev–Trinajstić information content (AvgIpc) is 2.98. The number of hydrogen-bond acceptors (Lipinski definition) is 4. The number of carboxylic acids is 1. The fourth-order valence-corrected chi connectivity index (χ4v) is 3.06. The van der Waals surface area contributed by atoms with Crippen molar-refractivity contribution in [1.82, 2.24) is 14.5 Å². The van der Waals surface area contributed by atoms with Gasteiger partial charge in [0.1, 0.15) is 5.82 Å². The Morgan fingerprint density at radius 1 is 1.33 bits per heavy atom. The molecule has 0 spiro atoms. The van der Waals surface area contributed by atoms with Crippen LogP contribution >= 0.6 is 11.3 Å². The van der Waals surface area contributed by atoms with Gasteiger partial charge in [0.2, 0.25) is 0 Å². The van der Waals surface area contributed by atoms with E-state index in [1.54, 1.807) is 23.5 Å². The number of carbonyl (C=O) groups is 1. The van der Waals surface area contributed by atoms with Crippen LogP contribution in [0.2, 0.25) is 0 Å². The van der Waals surface area contributed by atoms with Gasteiger partial charge in [-0.05, 0) is 32.0 Å². The van der Waals surface area contributed by atoms with Crippen molar-refractivity contribution >= 4 is 28.3 Å². The van der Waals surface area contributed by atoms with Gasteiger partial charge in [-0.15, -0.1) is 11.3 Å². The van der Waals surface area contributed by atoms with Gasteiger partial charge in [-0.2, -0.15) is 0 Å². The molecule has 0 aliphatic rings. The Morgan fingerprint density at radius 3 is 2.81 bits per heavy atom. The van der Waals surface area contributed by atoms with E-state index in [-0.39, 0.29) is 5.56 Å². The average molecular weight is 301 g/mol. The zero-order valence-electron chi connectivity index (χ0n) is 11.8. The normalized spacial score (nSPS) is 11.1. The van der Waals surface area contributed by atoms with E-state index in [1.165, 1.54) is 0 Å². The number of aryl methyl sites for hydroxylation is 4. The van der Waals surface area contributed by atoms with Crippen LogP contribution in [-0.2, 0) is 13.0 Å². The molecule has 6 heteroatoms. The molecule has 3 rings (SSSR count). The van der Waals surface area contributed by atoms with Crippen molar-refractivity contribution in [2.45, 2.75) is 26.8 Å². The summed E-state index contributed by atoms with van der Waals surface area (Å²) in [5.74, 6) is -0.0402. The van der Waals surface area contributed by atoms with E-state index in [0.29, 0.717) is 0 Å². The third-order valence-electron chi connectivity index (χ3n) is 3.44. The molecular weight excluding hydrogens is 286 g/mol. The molecule has 108 valence electrons. The number of aromatic nitrogens is 3. The molecule has 1 aromatic carbocycles. The van der Waals surface area contributed by atoms with E-state index in [2.05, 4.69) is 19.9 Å². The first kappa shape index (κ1) is 13.8. The maximum atomic E-state index is 11.0. The van der Waals surface area contributed by atoms with Crippen LogP contribution in [0.4, 0.5) is 0 Å². The van der Waals surface area contributed by atoms with Gasteiger partial charge in [-0.3, -0.25) is 0 Å². The van der Waals surface area contributed by atoms with Crippen molar-refractivity contribution < 1.29 is 9.90 Å². The highest BCUT2D eigenvalue weighted by Gasteiger charge is 2.11. The Hall–Kier alpha value is -2.21. The highest BCUT2D eigenvalue weighted by atomic mass is 32.1. The Balaban J connectivity index is 1.91. The lowest BCUT2D eigenvalue weighted by Gasteiger charge is -2.05. The summed E-state index contributed by atoms with van der Waals surface area (Å²) in [6.45, 7) is 4.73. The molecule has 5 nitrogen and oxygen atoms in total. The Labute approximate surface area is 125 Å². The second-order valence-corrected chi connectivity index (χ2v) is 5.99. The highest BCUT2D eigenvalue weighted by Crippen LogP contribution is 2.19. The molecule has 21 heavy (non-hydrogen) atoms. The van der Waals surface area contributed by atoms with Crippen LogP contribution in [0, 0.1) is 13.8 Å². The van der Waals surface area contributed by atoms with Gasteiger partial charge < -0.3 is 9.67 Å². The molecule has 0 bridgehead atoms. The van der Waals surface area contributed by atoms with Gasteiger partial charge in [0.15, 0.2) is 0 Å². The van der Waals surface area contributed by atoms with E-state index in [9.17, 15) is 4.79 Å². The number of hydrogen-bond donors (Lipinski definition) is 1. The molecule has 3 aromatic rings. The SMILES string of the molecule is Cc1nc(CCn2c(C)nc3cc(C(=O)O)ccc32)cs1. The van der Waals surface area contributed by atoms with Crippen LogP contribution in [0.25, 0.3) is 11.0 Å². The number of imidazole rings is 1. The molecule has 1 N–H and O–H groups in total. The van der Waals surface area contributed by atoms with Gasteiger partial charge >= 0.3 is 5.97 Å². The molecule has 0 saturated heterocycles. The minimum absolute atomic E-state index is 0.266. The van der Waals surface area contributed by atoms with Crippen molar-refractivity contribution in [3.8, 4) is 0 Å². The second-order valence-electron chi connectivity index (χ2n) is 4.93. The van der Waals surface area contributed by atoms with Crippen LogP contribution in [0.15, 0.2) is 23.6 Å². The largest absolute Gasteiger partial charge is 0.478 e. The van der Waals surface area contributed by atoms with Gasteiger partial charge in [-0.25, -0.2) is 14.8 Å². The highest BCUT2D eigenvalue weighted by molar-refractivity contribution is 7.09. The number of rotatable bonds is 4. The minimum Gasteiger partial charge on any atom is -0.478 e. The standard InChI is InChI=1S/C15H15N3O2S/c1-9-16-13-7-11(15(19)20)3-4-14(13)18(9)6-5-12-8-21-10(2)17-12/h3-4,7-8H,5-6H2,1-2H3,(H,19,20). The first-order valence-electron chi connectivity index (χ1n) is 6.66. The van der Waals surface area contributed by atoms with Gasteiger partial charge in [0, 0.05) is 18.3 Å². The summed E-state index contributed by atoms with van der Waals surface area (Å²) >= 11 is 1.65. The summed E-state index contributed by atoms with van der Waals surface area (Å²) in [5.41, 5.74) is 3.04. The first-order valence-corrected chi connectivity index (χ1v) is 7.54. The molecular formula is C15H15N3O2S. The van der Waals surface area contributed by atoms with Crippen LogP contribution in [-0.4, -0.2) is 25.6 Å². The van der Waals surface area contributed by atoms with Crippen LogP contribution in [0.5, 0.6) is 0 Å². The topological polar surface area (TPSA) is 68.0 Å². The van der Waals surface area contributed by atoms with Gasteiger partial charge in [0.25, 0.3) is 0 Å². The summed E-state index contributed by atoms with van der Waals surface area (Å²) in [6, 6.07) is 5.06. The zero-order valence-corrected chi connectivity index (χ0v) is 12.6. The maximum absolute atomic E-state index is 11.0. The van der Waals surface area contributed by atoms with Crippen molar-refractivity contribution in [1.29, 1.82) is 0 Å². The summed E-state index contributed by atoms with van der Waals surface area (Å²) < 4.78 is 2.11. The van der Waals surface area contributed by atoms with E-state index >= 15 is 0 Å². The van der Waals surface area contributed by atoms with Crippen LogP contribution in [0.3, 0.4) is 0 Å². The number of nitrogens with zero attached hydrogens (tertiary/aromatic N) is 3. The number of benzene rings is 1. The van der Waals surface area contributed by atoms with Crippen LogP contribution < -0.4 is 0 Å². The second kappa shape index (κ2) is 5.29. The predicted molar refractivity (Wildman–Crippen MR) is 82.0 cm³/mol. The lowest BCUT2D eigenvalue weighted by Crippen LogP contribution is -2.04. The van der Waals surface area contributed by atoms with Gasteiger partial charge in [-0.1, -0.05) is 0 Å². The lowest BCUT2D eigenvalue weighted by atomic mass is 10.2. The zero-order chi connectivity index (χ0) is 15.0. The Morgan fingerprint density at radius 2 is 2.14 bits per heavy atom. The Bertz CT molecular complexity index is 820. The summed E-state index contributed by atoms with van der Waals surface area (Å²) in [5, 5.41) is 12.2. The van der Waals surface area contributed by atoms with Crippen molar-refractivity contribution in [2.75, 3.05) is 0 Å². The molecule has 0 radical (unpaired) electrons. The summed E-state index contributed by atoms with van der Waals surface area (Å²) in [4.78, 5) is 19.9. The molecule has 0 amide bonds. The van der Waals surface area contributed by atoms with Crippen molar-refractivity contribution in [3.05, 3.63) is 45.7 Å². The first-order chi connectivity index (χ1) is 10.0. The molecule has 0 fully saturated rings. The van der Waals surface area contributed by atoms with E-state index in [0.717, 1.165) is 40.5 Å². The summed E-state index contributed by atoms with van der Waals surface area (Å²) in [6.07, 6.45) is 0.845. The van der Waals surface area contributed by atoms with E-state index in [1.807, 2.05) is 19.9 Å². The Kier molecular flexibility index (Phi) is 3.47. The fraction of sp³-hybridized carbons (Fsp3) is 0.267. The number of thiazole rings is 1. The van der Waals surface area contributed by atoms with Crippen LogP contribution in [0.1, 0.15) is 26.9 Å². The van der Waals surface area contributed by atoms with E-state index < -0.39 is 5.97 Å². The van der Waals surface area contributed by atoms with Crippen molar-refractivity contribution in [3.63, 3.8) is 0 Å². The molecule has 0 saturated carbocycles.